The fourth-order valence-corrected chi connectivity index (χ4v) is 2.03. The van der Waals surface area contributed by atoms with Gasteiger partial charge in [0.25, 0.3) is 0 Å². The summed E-state index contributed by atoms with van der Waals surface area (Å²) >= 11 is 0. The zero-order chi connectivity index (χ0) is 13.3. The van der Waals surface area contributed by atoms with E-state index >= 15 is 0 Å². The largest absolute Gasteiger partial charge is 0.496 e. The highest BCUT2D eigenvalue weighted by atomic mass is 19.4. The molecule has 0 bridgehead atoms. The summed E-state index contributed by atoms with van der Waals surface area (Å²) in [6, 6.07) is 3.25. The molecule has 1 atom stereocenters. The first-order chi connectivity index (χ1) is 8.41. The molecule has 2 N–H and O–H groups in total. The number of ether oxygens (including phenoxy) is 1. The standard InChI is InChI=1S/C13H16F3NO/c1-18-12-7-9(13(14,15)16)4-5-10(12)11(17)6-8-2-3-8/h4-5,7-8,11H,2-3,6,17H2,1H3/t11-/m0/s1. The maximum Gasteiger partial charge on any atom is 0.416 e. The van der Waals surface area contributed by atoms with E-state index in [9.17, 15) is 13.2 Å². The fraction of sp³-hybridized carbons (Fsp3) is 0.538. The van der Waals surface area contributed by atoms with E-state index in [4.69, 9.17) is 10.5 Å². The van der Waals surface area contributed by atoms with Gasteiger partial charge in [-0.2, -0.15) is 13.2 Å². The Morgan fingerprint density at radius 2 is 2.06 bits per heavy atom. The van der Waals surface area contributed by atoms with Crippen LogP contribution in [0.3, 0.4) is 0 Å². The maximum absolute atomic E-state index is 12.6. The Hall–Kier alpha value is -1.23. The monoisotopic (exact) mass is 259 g/mol. The van der Waals surface area contributed by atoms with Gasteiger partial charge in [-0.05, 0) is 24.5 Å². The average molecular weight is 259 g/mol. The maximum atomic E-state index is 12.6. The van der Waals surface area contributed by atoms with Crippen molar-refractivity contribution < 1.29 is 17.9 Å². The van der Waals surface area contributed by atoms with E-state index in [0.717, 1.165) is 31.4 Å². The summed E-state index contributed by atoms with van der Waals surface area (Å²) < 4.78 is 42.7. The molecule has 1 fully saturated rings. The van der Waals surface area contributed by atoms with Crippen molar-refractivity contribution >= 4 is 0 Å². The lowest BCUT2D eigenvalue weighted by atomic mass is 9.99. The minimum absolute atomic E-state index is 0.220. The van der Waals surface area contributed by atoms with Crippen molar-refractivity contribution in [3.8, 4) is 5.75 Å². The molecule has 2 rings (SSSR count). The lowest BCUT2D eigenvalue weighted by Gasteiger charge is -2.17. The van der Waals surface area contributed by atoms with E-state index in [-0.39, 0.29) is 11.8 Å². The first-order valence-corrected chi connectivity index (χ1v) is 5.92. The van der Waals surface area contributed by atoms with Gasteiger partial charge in [0.05, 0.1) is 12.7 Å². The van der Waals surface area contributed by atoms with Gasteiger partial charge >= 0.3 is 6.18 Å². The number of alkyl halides is 3. The second-order valence-corrected chi connectivity index (χ2v) is 4.74. The van der Waals surface area contributed by atoms with Crippen LogP contribution in [0.1, 0.15) is 36.4 Å². The van der Waals surface area contributed by atoms with Gasteiger partial charge in [0.15, 0.2) is 0 Å². The lowest BCUT2D eigenvalue weighted by molar-refractivity contribution is -0.137. The summed E-state index contributed by atoms with van der Waals surface area (Å²) in [6.45, 7) is 0. The predicted molar refractivity (Wildman–Crippen MR) is 62.3 cm³/mol. The molecule has 0 aromatic heterocycles. The molecule has 0 unspecified atom stereocenters. The third-order valence-corrected chi connectivity index (χ3v) is 3.24. The fourth-order valence-electron chi connectivity index (χ4n) is 2.03. The molecule has 18 heavy (non-hydrogen) atoms. The van der Waals surface area contributed by atoms with Gasteiger partial charge in [-0.1, -0.05) is 18.9 Å². The van der Waals surface area contributed by atoms with Crippen LogP contribution in [0.2, 0.25) is 0 Å². The zero-order valence-corrected chi connectivity index (χ0v) is 10.1. The summed E-state index contributed by atoms with van der Waals surface area (Å²) in [5.41, 5.74) is 5.95. The van der Waals surface area contributed by atoms with E-state index < -0.39 is 11.7 Å². The van der Waals surface area contributed by atoms with E-state index in [1.54, 1.807) is 0 Å². The van der Waals surface area contributed by atoms with Gasteiger partial charge in [-0.25, -0.2) is 0 Å². The number of hydrogen-bond acceptors (Lipinski definition) is 2. The van der Waals surface area contributed by atoms with Crippen molar-refractivity contribution in [3.05, 3.63) is 29.3 Å². The van der Waals surface area contributed by atoms with Gasteiger partial charge in [0.1, 0.15) is 5.75 Å². The van der Waals surface area contributed by atoms with Gasteiger partial charge in [-0.3, -0.25) is 0 Å². The molecule has 1 saturated carbocycles. The Morgan fingerprint density at radius 3 is 2.56 bits per heavy atom. The summed E-state index contributed by atoms with van der Waals surface area (Å²) in [5.74, 6) is 0.838. The van der Waals surface area contributed by atoms with E-state index in [1.807, 2.05) is 0 Å². The highest BCUT2D eigenvalue weighted by molar-refractivity contribution is 5.40. The van der Waals surface area contributed by atoms with Crippen LogP contribution in [-0.4, -0.2) is 7.11 Å². The number of methoxy groups -OCH3 is 1. The third kappa shape index (κ3) is 2.96. The molecule has 1 aliphatic rings. The number of nitrogens with two attached hydrogens (primary N) is 1. The van der Waals surface area contributed by atoms with Crippen LogP contribution in [0, 0.1) is 5.92 Å². The summed E-state index contributed by atoms with van der Waals surface area (Å²) in [7, 11) is 1.36. The van der Waals surface area contributed by atoms with Crippen molar-refractivity contribution in [1.82, 2.24) is 0 Å². The molecule has 0 radical (unpaired) electrons. The average Bonchev–Trinajstić information content (AvgIpc) is 3.10. The second kappa shape index (κ2) is 4.80. The highest BCUT2D eigenvalue weighted by Crippen LogP contribution is 2.40. The third-order valence-electron chi connectivity index (χ3n) is 3.24. The Kier molecular flexibility index (Phi) is 3.52. The molecule has 100 valence electrons. The van der Waals surface area contributed by atoms with Crippen LogP contribution in [0.4, 0.5) is 13.2 Å². The van der Waals surface area contributed by atoms with Crippen molar-refractivity contribution in [3.63, 3.8) is 0 Å². The van der Waals surface area contributed by atoms with Crippen molar-refractivity contribution in [2.45, 2.75) is 31.5 Å². The Balaban J connectivity index is 2.24. The van der Waals surface area contributed by atoms with E-state index in [1.165, 1.54) is 13.2 Å². The Bertz CT molecular complexity index is 427. The smallest absolute Gasteiger partial charge is 0.416 e. The van der Waals surface area contributed by atoms with Gasteiger partial charge in [0, 0.05) is 11.6 Å². The van der Waals surface area contributed by atoms with Gasteiger partial charge < -0.3 is 10.5 Å². The normalized spacial score (nSPS) is 17.6. The molecule has 0 heterocycles. The molecule has 1 aromatic carbocycles. The molecule has 1 aromatic rings. The molecular formula is C13H16F3NO. The quantitative estimate of drug-likeness (QED) is 0.898. The minimum atomic E-state index is -4.35. The first kappa shape index (κ1) is 13.2. The summed E-state index contributed by atoms with van der Waals surface area (Å²) in [6.07, 6.45) is -1.22. The molecule has 5 heteroatoms. The molecular weight excluding hydrogens is 243 g/mol. The molecule has 0 aliphatic heterocycles. The first-order valence-electron chi connectivity index (χ1n) is 5.92. The summed E-state index contributed by atoms with van der Waals surface area (Å²) in [4.78, 5) is 0. The topological polar surface area (TPSA) is 35.2 Å². The van der Waals surface area contributed by atoms with Crippen molar-refractivity contribution in [2.75, 3.05) is 7.11 Å². The van der Waals surface area contributed by atoms with Gasteiger partial charge in [-0.15, -0.1) is 0 Å². The van der Waals surface area contributed by atoms with Crippen LogP contribution in [0.5, 0.6) is 5.75 Å². The Morgan fingerprint density at radius 1 is 1.39 bits per heavy atom. The molecule has 1 aliphatic carbocycles. The summed E-state index contributed by atoms with van der Waals surface area (Å²) in [5, 5.41) is 0. The van der Waals surface area contributed by atoms with Crippen molar-refractivity contribution in [1.29, 1.82) is 0 Å². The molecule has 2 nitrogen and oxygen atoms in total. The van der Waals surface area contributed by atoms with Crippen LogP contribution < -0.4 is 10.5 Å². The van der Waals surface area contributed by atoms with Crippen LogP contribution in [0.25, 0.3) is 0 Å². The van der Waals surface area contributed by atoms with Crippen LogP contribution in [-0.2, 0) is 6.18 Å². The highest BCUT2D eigenvalue weighted by Gasteiger charge is 2.32. The van der Waals surface area contributed by atoms with E-state index in [0.29, 0.717) is 11.5 Å². The second-order valence-electron chi connectivity index (χ2n) is 4.74. The van der Waals surface area contributed by atoms with Gasteiger partial charge in [0.2, 0.25) is 0 Å². The minimum Gasteiger partial charge on any atom is -0.496 e. The number of hydrogen-bond donors (Lipinski definition) is 1. The SMILES string of the molecule is COc1cc(C(F)(F)F)ccc1[C@@H](N)CC1CC1. The van der Waals surface area contributed by atoms with Crippen LogP contribution in [0.15, 0.2) is 18.2 Å². The van der Waals surface area contributed by atoms with E-state index in [2.05, 4.69) is 0 Å². The molecule has 0 amide bonds. The number of rotatable bonds is 4. The predicted octanol–water partition coefficient (Wildman–Crippen LogP) is 3.51. The lowest BCUT2D eigenvalue weighted by Crippen LogP contribution is -2.13. The number of halogens is 3. The zero-order valence-electron chi connectivity index (χ0n) is 10.1. The van der Waals surface area contributed by atoms with Crippen molar-refractivity contribution in [2.24, 2.45) is 11.7 Å². The molecule has 0 spiro atoms. The number of benzene rings is 1. The Labute approximate surface area is 104 Å². The molecule has 0 saturated heterocycles. The van der Waals surface area contributed by atoms with Crippen LogP contribution >= 0.6 is 0 Å².